The first-order valence-electron chi connectivity index (χ1n) is 6.45. The highest BCUT2D eigenvalue weighted by atomic mass is 79.9. The molecule has 8 heteroatoms. The average Bonchev–Trinajstić information content (AvgIpc) is 2.41. The van der Waals surface area contributed by atoms with E-state index in [1.807, 2.05) is 6.92 Å². The topological polar surface area (TPSA) is 72.6 Å². The summed E-state index contributed by atoms with van der Waals surface area (Å²) in [6, 6.07) is 5.04. The summed E-state index contributed by atoms with van der Waals surface area (Å²) in [6.45, 7) is 2.87. The van der Waals surface area contributed by atoms with Crippen LogP contribution < -0.4 is 10.5 Å². The molecule has 21 heavy (non-hydrogen) atoms. The van der Waals surface area contributed by atoms with Gasteiger partial charge in [-0.05, 0) is 30.5 Å². The second-order valence-corrected chi connectivity index (χ2v) is 7.91. The third-order valence-corrected chi connectivity index (χ3v) is 6.06. The number of nitrogens with two attached hydrogens (primary N) is 1. The lowest BCUT2D eigenvalue weighted by Gasteiger charge is -2.34. The van der Waals surface area contributed by atoms with Crippen LogP contribution in [0.4, 0.5) is 0 Å². The second kappa shape index (κ2) is 7.28. The van der Waals surface area contributed by atoms with Gasteiger partial charge >= 0.3 is 0 Å². The number of rotatable bonds is 3. The molecule has 5 nitrogen and oxygen atoms in total. The Morgan fingerprint density at radius 3 is 2.67 bits per heavy atom. The van der Waals surface area contributed by atoms with Crippen molar-refractivity contribution in [1.82, 2.24) is 4.31 Å². The molecule has 0 spiro atoms. The Bertz CT molecular complexity index is 597. The summed E-state index contributed by atoms with van der Waals surface area (Å²) in [7, 11) is -2.09. The van der Waals surface area contributed by atoms with Crippen molar-refractivity contribution in [2.75, 3.05) is 20.2 Å². The van der Waals surface area contributed by atoms with Crippen LogP contribution in [0.3, 0.4) is 0 Å². The van der Waals surface area contributed by atoms with Gasteiger partial charge in [0.05, 0.1) is 7.11 Å². The first kappa shape index (κ1) is 18.7. The summed E-state index contributed by atoms with van der Waals surface area (Å²) in [5.41, 5.74) is 5.95. The number of piperidine rings is 1. The summed E-state index contributed by atoms with van der Waals surface area (Å²) >= 11 is 3.30. The van der Waals surface area contributed by atoms with Crippen molar-refractivity contribution in [1.29, 1.82) is 0 Å². The monoisotopic (exact) mass is 398 g/mol. The van der Waals surface area contributed by atoms with E-state index in [0.29, 0.717) is 29.7 Å². The summed E-state index contributed by atoms with van der Waals surface area (Å²) in [5.74, 6) is 0.507. The molecule has 0 saturated carbocycles. The Labute approximate surface area is 140 Å². The summed E-state index contributed by atoms with van der Waals surface area (Å²) in [6.07, 6.45) is 0.677. The van der Waals surface area contributed by atoms with Crippen LogP contribution in [0, 0.1) is 5.92 Å². The van der Waals surface area contributed by atoms with Crippen LogP contribution in [-0.4, -0.2) is 39.0 Å². The predicted molar refractivity (Wildman–Crippen MR) is 88.5 cm³/mol. The van der Waals surface area contributed by atoms with Crippen molar-refractivity contribution < 1.29 is 13.2 Å². The van der Waals surface area contributed by atoms with Crippen molar-refractivity contribution in [3.8, 4) is 5.75 Å². The zero-order chi connectivity index (χ0) is 14.9. The molecule has 1 aliphatic heterocycles. The Hall–Kier alpha value is -0.340. The van der Waals surface area contributed by atoms with E-state index in [4.69, 9.17) is 10.5 Å². The molecule has 0 amide bonds. The lowest BCUT2D eigenvalue weighted by atomic mass is 9.96. The van der Waals surface area contributed by atoms with Gasteiger partial charge in [0, 0.05) is 23.6 Å². The summed E-state index contributed by atoms with van der Waals surface area (Å²) in [5, 5.41) is 0. The first-order valence-corrected chi connectivity index (χ1v) is 8.69. The number of hydrogen-bond donors (Lipinski definition) is 1. The third-order valence-electron chi connectivity index (χ3n) is 3.68. The number of nitrogens with zero attached hydrogens (tertiary/aromatic N) is 1. The molecule has 0 aromatic heterocycles. The summed E-state index contributed by atoms with van der Waals surface area (Å²) in [4.78, 5) is 0.192. The molecule has 0 bridgehead atoms. The van der Waals surface area contributed by atoms with Gasteiger partial charge in [0.25, 0.3) is 0 Å². The van der Waals surface area contributed by atoms with E-state index in [1.165, 1.54) is 11.4 Å². The highest BCUT2D eigenvalue weighted by Gasteiger charge is 2.33. The molecule has 0 radical (unpaired) electrons. The van der Waals surface area contributed by atoms with Crippen molar-refractivity contribution >= 4 is 38.4 Å². The average molecular weight is 400 g/mol. The zero-order valence-electron chi connectivity index (χ0n) is 12.0. The number of sulfonamides is 1. The Morgan fingerprint density at radius 2 is 2.10 bits per heavy atom. The number of halogens is 2. The maximum atomic E-state index is 12.8. The van der Waals surface area contributed by atoms with Gasteiger partial charge in [-0.15, -0.1) is 12.4 Å². The molecule has 2 unspecified atom stereocenters. The van der Waals surface area contributed by atoms with Gasteiger partial charge in [-0.25, -0.2) is 8.42 Å². The number of hydrogen-bond acceptors (Lipinski definition) is 4. The van der Waals surface area contributed by atoms with Crippen LogP contribution in [0.15, 0.2) is 27.6 Å². The van der Waals surface area contributed by atoms with E-state index >= 15 is 0 Å². The molecule has 1 aromatic carbocycles. The molecule has 1 fully saturated rings. The molecule has 1 aromatic rings. The van der Waals surface area contributed by atoms with E-state index < -0.39 is 10.0 Å². The van der Waals surface area contributed by atoms with Gasteiger partial charge in [0.1, 0.15) is 10.6 Å². The molecule has 2 atom stereocenters. The van der Waals surface area contributed by atoms with Gasteiger partial charge in [-0.3, -0.25) is 0 Å². The number of methoxy groups -OCH3 is 1. The molecular weight excluding hydrogens is 380 g/mol. The van der Waals surface area contributed by atoms with Crippen LogP contribution in [-0.2, 0) is 10.0 Å². The molecule has 2 N–H and O–H groups in total. The highest BCUT2D eigenvalue weighted by molar-refractivity contribution is 9.10. The van der Waals surface area contributed by atoms with Crippen molar-refractivity contribution in [3.05, 3.63) is 22.7 Å². The van der Waals surface area contributed by atoms with Crippen LogP contribution in [0.25, 0.3) is 0 Å². The van der Waals surface area contributed by atoms with Crippen LogP contribution >= 0.6 is 28.3 Å². The fourth-order valence-electron chi connectivity index (χ4n) is 2.33. The van der Waals surface area contributed by atoms with Gasteiger partial charge in [0.2, 0.25) is 10.0 Å². The van der Waals surface area contributed by atoms with Gasteiger partial charge < -0.3 is 10.5 Å². The van der Waals surface area contributed by atoms with Crippen LogP contribution in [0.1, 0.15) is 13.3 Å². The molecular formula is C13H20BrClN2O3S. The lowest BCUT2D eigenvalue weighted by Crippen LogP contribution is -2.48. The number of ether oxygens (including phenoxy) is 1. The van der Waals surface area contributed by atoms with Crippen molar-refractivity contribution in [3.63, 3.8) is 0 Å². The van der Waals surface area contributed by atoms with E-state index in [2.05, 4.69) is 15.9 Å². The molecule has 1 heterocycles. The van der Waals surface area contributed by atoms with Gasteiger partial charge in [-0.2, -0.15) is 4.31 Å². The largest absolute Gasteiger partial charge is 0.495 e. The fraction of sp³-hybridized carbons (Fsp3) is 0.538. The van der Waals surface area contributed by atoms with E-state index in [0.717, 1.165) is 0 Å². The van der Waals surface area contributed by atoms with Crippen LogP contribution in [0.2, 0.25) is 0 Å². The Balaban J connectivity index is 0.00000220. The molecule has 0 aliphatic carbocycles. The maximum Gasteiger partial charge on any atom is 0.246 e. The maximum absolute atomic E-state index is 12.8. The minimum absolute atomic E-state index is 0. The minimum Gasteiger partial charge on any atom is -0.495 e. The Morgan fingerprint density at radius 1 is 1.43 bits per heavy atom. The molecule has 120 valence electrons. The van der Waals surface area contributed by atoms with Gasteiger partial charge in [-0.1, -0.05) is 22.9 Å². The van der Waals surface area contributed by atoms with Crippen molar-refractivity contribution in [2.45, 2.75) is 24.3 Å². The SMILES string of the molecule is COc1ccc(Br)cc1S(=O)(=O)N1CCC(N)C(C)C1.Cl. The molecule has 1 saturated heterocycles. The Kier molecular flexibility index (Phi) is 6.49. The number of benzene rings is 1. The normalized spacial score (nSPS) is 23.4. The minimum atomic E-state index is -3.56. The van der Waals surface area contributed by atoms with E-state index in [9.17, 15) is 8.42 Å². The fourth-order valence-corrected chi connectivity index (χ4v) is 4.58. The summed E-state index contributed by atoms with van der Waals surface area (Å²) < 4.78 is 32.9. The standard InChI is InChI=1S/C13H19BrN2O3S.ClH/c1-9-8-16(6-5-11(9)15)20(17,18)13-7-10(14)3-4-12(13)19-2;/h3-4,7,9,11H,5-6,8,15H2,1-2H3;1H. The quantitative estimate of drug-likeness (QED) is 0.846. The predicted octanol–water partition coefficient (Wildman–Crippen LogP) is 2.24. The lowest BCUT2D eigenvalue weighted by molar-refractivity contribution is 0.249. The third kappa shape index (κ3) is 3.90. The van der Waals surface area contributed by atoms with Crippen molar-refractivity contribution in [2.24, 2.45) is 11.7 Å². The van der Waals surface area contributed by atoms with Gasteiger partial charge in [0.15, 0.2) is 0 Å². The molecule has 2 rings (SSSR count). The molecule has 1 aliphatic rings. The van der Waals surface area contributed by atoms with E-state index in [1.54, 1.807) is 18.2 Å². The smallest absolute Gasteiger partial charge is 0.246 e. The zero-order valence-corrected chi connectivity index (χ0v) is 15.2. The van der Waals surface area contributed by atoms with Crippen LogP contribution in [0.5, 0.6) is 5.75 Å². The van der Waals surface area contributed by atoms with E-state index in [-0.39, 0.29) is 29.3 Å². The highest BCUT2D eigenvalue weighted by Crippen LogP contribution is 2.31. The second-order valence-electron chi connectivity index (χ2n) is 5.09. The first-order chi connectivity index (χ1) is 9.36.